The molecule has 1 aromatic carbocycles. The molecular weight excluding hydrogens is 202 g/mol. The molecule has 1 rings (SSSR count). The largest absolute Gasteiger partial charge is 0.497 e. The third kappa shape index (κ3) is 3.42. The van der Waals surface area contributed by atoms with Gasteiger partial charge < -0.3 is 14.4 Å². The van der Waals surface area contributed by atoms with Gasteiger partial charge in [-0.1, -0.05) is 0 Å². The van der Waals surface area contributed by atoms with Crippen LogP contribution in [0.5, 0.6) is 5.75 Å². The second kappa shape index (κ2) is 6.38. The quantitative estimate of drug-likeness (QED) is 0.740. The van der Waals surface area contributed by atoms with Crippen molar-refractivity contribution in [2.75, 3.05) is 32.2 Å². The molecule has 1 aromatic rings. The Kier molecular flexibility index (Phi) is 5.12. The van der Waals surface area contributed by atoms with Crippen LogP contribution in [-0.4, -0.2) is 33.4 Å². The Balaban J connectivity index is 2.70. The van der Waals surface area contributed by atoms with E-state index in [1.807, 2.05) is 12.1 Å². The van der Waals surface area contributed by atoms with Gasteiger partial charge in [0.05, 0.1) is 13.2 Å². The summed E-state index contributed by atoms with van der Waals surface area (Å²) >= 11 is 0. The Morgan fingerprint density at radius 3 is 2.25 bits per heavy atom. The maximum Gasteiger partial charge on any atom is 0.119 e. The zero-order chi connectivity index (χ0) is 12.0. The lowest BCUT2D eigenvalue weighted by Crippen LogP contribution is -2.31. The smallest absolute Gasteiger partial charge is 0.119 e. The van der Waals surface area contributed by atoms with Crippen LogP contribution in [0.4, 0.5) is 5.69 Å². The molecule has 90 valence electrons. The van der Waals surface area contributed by atoms with Gasteiger partial charge in [0.1, 0.15) is 5.75 Å². The molecule has 0 bridgehead atoms. The first-order valence-corrected chi connectivity index (χ1v) is 5.63. The molecular formula is C13H21NO2. The highest BCUT2D eigenvalue weighted by molar-refractivity contribution is 5.49. The maximum absolute atomic E-state index is 5.28. The summed E-state index contributed by atoms with van der Waals surface area (Å²) in [6.07, 6.45) is 0.238. The van der Waals surface area contributed by atoms with Crippen LogP contribution >= 0.6 is 0 Å². The van der Waals surface area contributed by atoms with Crippen molar-refractivity contribution in [1.29, 1.82) is 0 Å². The van der Waals surface area contributed by atoms with E-state index >= 15 is 0 Å². The average Bonchev–Trinajstić information content (AvgIpc) is 2.35. The van der Waals surface area contributed by atoms with Crippen LogP contribution in [0, 0.1) is 0 Å². The Morgan fingerprint density at radius 2 is 1.81 bits per heavy atom. The van der Waals surface area contributed by atoms with Crippen molar-refractivity contribution in [2.45, 2.75) is 20.0 Å². The molecule has 0 saturated carbocycles. The molecule has 1 atom stereocenters. The van der Waals surface area contributed by atoms with E-state index < -0.39 is 0 Å². The van der Waals surface area contributed by atoms with Crippen LogP contribution in [-0.2, 0) is 4.74 Å². The van der Waals surface area contributed by atoms with Crippen molar-refractivity contribution >= 4 is 5.69 Å². The molecule has 0 aliphatic heterocycles. The summed E-state index contributed by atoms with van der Waals surface area (Å²) in [6, 6.07) is 8.11. The highest BCUT2D eigenvalue weighted by Gasteiger charge is 2.08. The van der Waals surface area contributed by atoms with E-state index in [0.29, 0.717) is 0 Å². The van der Waals surface area contributed by atoms with E-state index in [9.17, 15) is 0 Å². The second-order valence-corrected chi connectivity index (χ2v) is 3.78. The van der Waals surface area contributed by atoms with E-state index in [1.54, 1.807) is 14.2 Å². The third-order valence-electron chi connectivity index (χ3n) is 2.70. The van der Waals surface area contributed by atoms with Gasteiger partial charge in [0, 0.05) is 25.9 Å². The first-order chi connectivity index (χ1) is 7.71. The Morgan fingerprint density at radius 1 is 1.19 bits per heavy atom. The lowest BCUT2D eigenvalue weighted by molar-refractivity contribution is 0.123. The minimum atomic E-state index is 0.238. The molecule has 0 aliphatic carbocycles. The monoisotopic (exact) mass is 223 g/mol. The number of rotatable bonds is 6. The Labute approximate surface area is 98.0 Å². The molecule has 16 heavy (non-hydrogen) atoms. The van der Waals surface area contributed by atoms with E-state index in [2.05, 4.69) is 30.9 Å². The summed E-state index contributed by atoms with van der Waals surface area (Å²) in [5.74, 6) is 0.889. The number of methoxy groups -OCH3 is 2. The zero-order valence-electron chi connectivity index (χ0n) is 10.6. The second-order valence-electron chi connectivity index (χ2n) is 3.78. The Bertz CT molecular complexity index is 297. The van der Waals surface area contributed by atoms with Crippen LogP contribution in [0.15, 0.2) is 24.3 Å². The fourth-order valence-electron chi connectivity index (χ4n) is 1.60. The SMILES string of the molecule is CCN(CC(C)OC)c1ccc(OC)cc1. The molecule has 0 spiro atoms. The number of hydrogen-bond donors (Lipinski definition) is 0. The van der Waals surface area contributed by atoms with Crippen molar-refractivity contribution in [3.63, 3.8) is 0 Å². The summed E-state index contributed by atoms with van der Waals surface area (Å²) < 4.78 is 10.4. The number of anilines is 1. The van der Waals surface area contributed by atoms with Crippen molar-refractivity contribution < 1.29 is 9.47 Å². The van der Waals surface area contributed by atoms with Gasteiger partial charge in [0.15, 0.2) is 0 Å². The maximum atomic E-state index is 5.28. The third-order valence-corrected chi connectivity index (χ3v) is 2.70. The minimum absolute atomic E-state index is 0.238. The molecule has 0 aliphatic rings. The normalized spacial score (nSPS) is 12.2. The van der Waals surface area contributed by atoms with Gasteiger partial charge in [0.25, 0.3) is 0 Å². The molecule has 3 nitrogen and oxygen atoms in total. The van der Waals surface area contributed by atoms with Gasteiger partial charge in [-0.15, -0.1) is 0 Å². The summed E-state index contributed by atoms with van der Waals surface area (Å²) in [6.45, 7) is 6.10. The predicted molar refractivity (Wildman–Crippen MR) is 67.4 cm³/mol. The first-order valence-electron chi connectivity index (χ1n) is 5.63. The van der Waals surface area contributed by atoms with Gasteiger partial charge in [-0.25, -0.2) is 0 Å². The van der Waals surface area contributed by atoms with Crippen LogP contribution < -0.4 is 9.64 Å². The van der Waals surface area contributed by atoms with Crippen LogP contribution in [0.3, 0.4) is 0 Å². The summed E-state index contributed by atoms with van der Waals surface area (Å²) in [5, 5.41) is 0. The van der Waals surface area contributed by atoms with Crippen LogP contribution in [0.25, 0.3) is 0 Å². The van der Waals surface area contributed by atoms with Gasteiger partial charge >= 0.3 is 0 Å². The van der Waals surface area contributed by atoms with E-state index in [4.69, 9.17) is 9.47 Å². The number of nitrogens with zero attached hydrogens (tertiary/aromatic N) is 1. The number of likely N-dealkylation sites (N-methyl/N-ethyl adjacent to an activating group) is 1. The molecule has 0 fully saturated rings. The molecule has 0 amide bonds. The molecule has 1 unspecified atom stereocenters. The number of hydrogen-bond acceptors (Lipinski definition) is 3. The Hall–Kier alpha value is -1.22. The van der Waals surface area contributed by atoms with E-state index in [0.717, 1.165) is 18.8 Å². The summed E-state index contributed by atoms with van der Waals surface area (Å²) in [5.41, 5.74) is 1.20. The molecule has 0 N–H and O–H groups in total. The first kappa shape index (κ1) is 12.8. The van der Waals surface area contributed by atoms with Gasteiger partial charge in [-0.05, 0) is 38.1 Å². The lowest BCUT2D eigenvalue weighted by atomic mass is 10.2. The standard InChI is InChI=1S/C13H21NO2/c1-5-14(10-11(2)15-3)12-6-8-13(16-4)9-7-12/h6-9,11H,5,10H2,1-4H3. The average molecular weight is 223 g/mol. The van der Waals surface area contributed by atoms with E-state index in [-0.39, 0.29) is 6.10 Å². The summed E-state index contributed by atoms with van der Waals surface area (Å²) in [4.78, 5) is 2.29. The summed E-state index contributed by atoms with van der Waals surface area (Å²) in [7, 11) is 3.42. The van der Waals surface area contributed by atoms with E-state index in [1.165, 1.54) is 5.69 Å². The minimum Gasteiger partial charge on any atom is -0.497 e. The number of ether oxygens (including phenoxy) is 2. The van der Waals surface area contributed by atoms with Crippen molar-refractivity contribution in [3.05, 3.63) is 24.3 Å². The number of benzene rings is 1. The zero-order valence-corrected chi connectivity index (χ0v) is 10.6. The highest BCUT2D eigenvalue weighted by Crippen LogP contribution is 2.19. The van der Waals surface area contributed by atoms with Crippen LogP contribution in [0.2, 0.25) is 0 Å². The fraction of sp³-hybridized carbons (Fsp3) is 0.538. The van der Waals surface area contributed by atoms with Gasteiger partial charge in [0.2, 0.25) is 0 Å². The predicted octanol–water partition coefficient (Wildman–Crippen LogP) is 2.56. The van der Waals surface area contributed by atoms with Crippen LogP contribution in [0.1, 0.15) is 13.8 Å². The molecule has 0 radical (unpaired) electrons. The molecule has 0 heterocycles. The van der Waals surface area contributed by atoms with Crippen molar-refractivity contribution in [2.24, 2.45) is 0 Å². The van der Waals surface area contributed by atoms with Gasteiger partial charge in [-0.3, -0.25) is 0 Å². The molecule has 3 heteroatoms. The van der Waals surface area contributed by atoms with Crippen molar-refractivity contribution in [3.8, 4) is 5.75 Å². The topological polar surface area (TPSA) is 21.7 Å². The van der Waals surface area contributed by atoms with Crippen molar-refractivity contribution in [1.82, 2.24) is 0 Å². The molecule has 0 aromatic heterocycles. The van der Waals surface area contributed by atoms with Gasteiger partial charge in [-0.2, -0.15) is 0 Å². The fourth-order valence-corrected chi connectivity index (χ4v) is 1.60. The lowest BCUT2D eigenvalue weighted by Gasteiger charge is -2.26. The highest BCUT2D eigenvalue weighted by atomic mass is 16.5. The molecule has 0 saturated heterocycles.